The molecule has 2 rings (SSSR count). The van der Waals surface area contributed by atoms with Crippen LogP contribution < -0.4 is 10.9 Å². The number of piperazine rings is 1. The molecule has 1 amide bonds. The number of aromatic nitrogens is 1. The van der Waals surface area contributed by atoms with Crippen molar-refractivity contribution in [2.75, 3.05) is 58.9 Å². The predicted octanol–water partition coefficient (Wildman–Crippen LogP) is 0.0226. The Labute approximate surface area is 179 Å². The summed E-state index contributed by atoms with van der Waals surface area (Å²) in [7, 11) is -3.68. The lowest BCUT2D eigenvalue weighted by molar-refractivity contribution is -0.121. The second-order valence-corrected chi connectivity index (χ2v) is 9.34. The van der Waals surface area contributed by atoms with Crippen molar-refractivity contribution >= 4 is 15.9 Å². The third-order valence-electron chi connectivity index (χ3n) is 5.50. The number of hydrogen-bond donors (Lipinski definition) is 1. The van der Waals surface area contributed by atoms with Gasteiger partial charge in [0.05, 0.1) is 4.90 Å². The van der Waals surface area contributed by atoms with Crippen LogP contribution in [0.25, 0.3) is 0 Å². The number of nitrogens with zero attached hydrogens (tertiary/aromatic N) is 4. The zero-order valence-corrected chi connectivity index (χ0v) is 19.2. The summed E-state index contributed by atoms with van der Waals surface area (Å²) in [5.74, 6) is -0.301. The summed E-state index contributed by atoms with van der Waals surface area (Å²) < 4.78 is 27.8. The molecule has 10 heteroatoms. The van der Waals surface area contributed by atoms with Gasteiger partial charge >= 0.3 is 0 Å². The molecular weight excluding hydrogens is 406 g/mol. The first kappa shape index (κ1) is 24.5. The smallest absolute Gasteiger partial charge is 0.251 e. The zero-order valence-electron chi connectivity index (χ0n) is 18.3. The number of carbonyl (C=O) groups is 1. The van der Waals surface area contributed by atoms with E-state index in [0.29, 0.717) is 19.6 Å². The number of carbonyl (C=O) groups excluding carboxylic acids is 1. The molecule has 30 heavy (non-hydrogen) atoms. The normalized spacial score (nSPS) is 16.1. The fourth-order valence-corrected chi connectivity index (χ4v) is 5.05. The van der Waals surface area contributed by atoms with Crippen LogP contribution in [0, 0.1) is 0 Å². The maximum atomic E-state index is 12.6. The number of likely N-dealkylation sites (N-methyl/N-ethyl adjacent to an activating group) is 1. The molecule has 0 aliphatic carbocycles. The standard InChI is InChI=1S/C20H35N5O4S/c1-4-22-12-14-23(15-13-22)11-7-10-21-19(26)17-24-16-18(8-9-20(24)27)30(28,29)25(5-2)6-3/h8-9,16H,4-7,10-15,17H2,1-3H3,(H,21,26). The number of rotatable bonds is 11. The first-order valence-electron chi connectivity index (χ1n) is 10.7. The molecule has 1 aromatic heterocycles. The van der Waals surface area contributed by atoms with Crippen molar-refractivity contribution < 1.29 is 13.2 Å². The third-order valence-corrected chi connectivity index (χ3v) is 7.53. The van der Waals surface area contributed by atoms with E-state index in [2.05, 4.69) is 22.0 Å². The van der Waals surface area contributed by atoms with Crippen LogP contribution in [0.5, 0.6) is 0 Å². The molecule has 0 aromatic carbocycles. The molecule has 1 aromatic rings. The van der Waals surface area contributed by atoms with E-state index in [1.165, 1.54) is 22.6 Å². The van der Waals surface area contributed by atoms with Gasteiger partial charge < -0.3 is 19.7 Å². The first-order chi connectivity index (χ1) is 14.3. The van der Waals surface area contributed by atoms with Gasteiger partial charge in [-0.3, -0.25) is 9.59 Å². The molecule has 1 saturated heterocycles. The van der Waals surface area contributed by atoms with E-state index in [4.69, 9.17) is 0 Å². The van der Waals surface area contributed by atoms with Crippen molar-refractivity contribution in [3.8, 4) is 0 Å². The second kappa shape index (κ2) is 11.6. The lowest BCUT2D eigenvalue weighted by Crippen LogP contribution is -2.46. The first-order valence-corrected chi connectivity index (χ1v) is 12.2. The van der Waals surface area contributed by atoms with Gasteiger partial charge in [-0.2, -0.15) is 4.31 Å². The zero-order chi connectivity index (χ0) is 22.1. The van der Waals surface area contributed by atoms with Crippen molar-refractivity contribution in [2.24, 2.45) is 0 Å². The van der Waals surface area contributed by atoms with Gasteiger partial charge in [-0.15, -0.1) is 0 Å². The lowest BCUT2D eigenvalue weighted by atomic mass is 10.3. The molecule has 2 heterocycles. The van der Waals surface area contributed by atoms with Crippen LogP contribution in [-0.4, -0.2) is 91.9 Å². The highest BCUT2D eigenvalue weighted by Crippen LogP contribution is 2.13. The van der Waals surface area contributed by atoms with Gasteiger partial charge in [0.2, 0.25) is 15.9 Å². The van der Waals surface area contributed by atoms with E-state index in [0.717, 1.165) is 50.3 Å². The largest absolute Gasteiger partial charge is 0.355 e. The van der Waals surface area contributed by atoms with Crippen molar-refractivity contribution in [1.29, 1.82) is 0 Å². The summed E-state index contributed by atoms with van der Waals surface area (Å²) in [4.78, 5) is 29.2. The molecule has 0 saturated carbocycles. The molecule has 1 aliphatic heterocycles. The molecule has 0 atom stereocenters. The Balaban J connectivity index is 1.86. The van der Waals surface area contributed by atoms with Crippen molar-refractivity contribution in [3.05, 3.63) is 28.7 Å². The van der Waals surface area contributed by atoms with Gasteiger partial charge in [-0.1, -0.05) is 20.8 Å². The van der Waals surface area contributed by atoms with Crippen molar-refractivity contribution in [3.63, 3.8) is 0 Å². The summed E-state index contributed by atoms with van der Waals surface area (Å²) >= 11 is 0. The molecule has 170 valence electrons. The molecule has 0 spiro atoms. The van der Waals surface area contributed by atoms with Crippen LogP contribution in [0.3, 0.4) is 0 Å². The Kier molecular flexibility index (Phi) is 9.47. The van der Waals surface area contributed by atoms with Crippen LogP contribution in [0.4, 0.5) is 0 Å². The Morgan fingerprint density at radius 1 is 1.07 bits per heavy atom. The SMILES string of the molecule is CCN1CCN(CCCNC(=O)Cn2cc(S(=O)(=O)N(CC)CC)ccc2=O)CC1. The highest BCUT2D eigenvalue weighted by molar-refractivity contribution is 7.89. The van der Waals surface area contributed by atoms with Crippen LogP contribution in [-0.2, 0) is 21.4 Å². The maximum absolute atomic E-state index is 12.6. The quantitative estimate of drug-likeness (QED) is 0.487. The molecule has 0 radical (unpaired) electrons. The number of nitrogens with one attached hydrogen (secondary N) is 1. The molecular formula is C20H35N5O4S. The summed E-state index contributed by atoms with van der Waals surface area (Å²) in [6.45, 7) is 13.0. The van der Waals surface area contributed by atoms with Crippen LogP contribution in [0.15, 0.2) is 28.0 Å². The topological polar surface area (TPSA) is 95.0 Å². The van der Waals surface area contributed by atoms with Gasteiger partial charge in [-0.25, -0.2) is 8.42 Å². The predicted molar refractivity (Wildman–Crippen MR) is 117 cm³/mol. The van der Waals surface area contributed by atoms with Gasteiger partial charge in [0, 0.05) is 58.1 Å². The van der Waals surface area contributed by atoms with E-state index in [1.807, 2.05) is 0 Å². The third kappa shape index (κ3) is 6.63. The molecule has 9 nitrogen and oxygen atoms in total. The Morgan fingerprint density at radius 2 is 1.70 bits per heavy atom. The monoisotopic (exact) mass is 441 g/mol. The highest BCUT2D eigenvalue weighted by atomic mass is 32.2. The van der Waals surface area contributed by atoms with E-state index in [1.54, 1.807) is 13.8 Å². The van der Waals surface area contributed by atoms with E-state index in [-0.39, 0.29) is 17.3 Å². The molecule has 1 fully saturated rings. The van der Waals surface area contributed by atoms with Gasteiger partial charge in [0.1, 0.15) is 6.54 Å². The minimum atomic E-state index is -3.68. The molecule has 0 unspecified atom stereocenters. The number of amides is 1. The summed E-state index contributed by atoms with van der Waals surface area (Å²) in [6.07, 6.45) is 2.09. The Bertz CT molecular complexity index is 843. The summed E-state index contributed by atoms with van der Waals surface area (Å²) in [6, 6.07) is 2.49. The Morgan fingerprint density at radius 3 is 2.30 bits per heavy atom. The minimum Gasteiger partial charge on any atom is -0.355 e. The summed E-state index contributed by atoms with van der Waals surface area (Å²) in [5.41, 5.74) is -0.405. The van der Waals surface area contributed by atoms with Gasteiger partial charge in [-0.05, 0) is 25.6 Å². The fraction of sp³-hybridized carbons (Fsp3) is 0.700. The van der Waals surface area contributed by atoms with Crippen molar-refractivity contribution in [1.82, 2.24) is 24.0 Å². The maximum Gasteiger partial charge on any atom is 0.251 e. The Hall–Kier alpha value is -1.75. The summed E-state index contributed by atoms with van der Waals surface area (Å²) in [5, 5.41) is 2.83. The lowest BCUT2D eigenvalue weighted by Gasteiger charge is -2.33. The average molecular weight is 442 g/mol. The van der Waals surface area contributed by atoms with Gasteiger partial charge in [0.15, 0.2) is 0 Å². The van der Waals surface area contributed by atoms with E-state index < -0.39 is 15.6 Å². The van der Waals surface area contributed by atoms with E-state index in [9.17, 15) is 18.0 Å². The minimum absolute atomic E-state index is 0.0184. The highest BCUT2D eigenvalue weighted by Gasteiger charge is 2.22. The second-order valence-electron chi connectivity index (χ2n) is 7.40. The molecule has 0 bridgehead atoms. The fourth-order valence-electron chi connectivity index (χ4n) is 3.57. The van der Waals surface area contributed by atoms with Gasteiger partial charge in [0.25, 0.3) is 5.56 Å². The average Bonchev–Trinajstić information content (AvgIpc) is 2.73. The molecule has 1 aliphatic rings. The number of sulfonamides is 1. The van der Waals surface area contributed by atoms with E-state index >= 15 is 0 Å². The van der Waals surface area contributed by atoms with Crippen LogP contribution >= 0.6 is 0 Å². The van der Waals surface area contributed by atoms with Crippen molar-refractivity contribution in [2.45, 2.75) is 38.6 Å². The number of hydrogen-bond acceptors (Lipinski definition) is 6. The van der Waals surface area contributed by atoms with Crippen LogP contribution in [0.1, 0.15) is 27.2 Å². The molecule has 1 N–H and O–H groups in total. The van der Waals surface area contributed by atoms with Crippen LogP contribution in [0.2, 0.25) is 0 Å². The number of pyridine rings is 1.